The lowest BCUT2D eigenvalue weighted by Crippen LogP contribution is -2.38. The number of alkyl carbamates (subject to hydrolysis) is 1. The van der Waals surface area contributed by atoms with Gasteiger partial charge in [-0.25, -0.2) is 4.79 Å². The lowest BCUT2D eigenvalue weighted by Gasteiger charge is -2.22. The monoisotopic (exact) mass is 506 g/mol. The molecule has 8 heteroatoms. The van der Waals surface area contributed by atoms with E-state index in [0.717, 1.165) is 31.2 Å². The first kappa shape index (κ1) is 26.3. The Morgan fingerprint density at radius 1 is 1.18 bits per heavy atom. The molecule has 1 rings (SSSR count). The van der Waals surface area contributed by atoms with Gasteiger partial charge in [-0.3, -0.25) is 4.99 Å². The zero-order chi connectivity index (χ0) is 20.3. The van der Waals surface area contributed by atoms with Gasteiger partial charge in [-0.2, -0.15) is 0 Å². The maximum Gasteiger partial charge on any atom is 0.407 e. The Labute approximate surface area is 186 Å². The number of carbonyl (C=O) groups excluding carboxylic acids is 1. The second-order valence-electron chi connectivity index (χ2n) is 7.22. The summed E-state index contributed by atoms with van der Waals surface area (Å²) in [6, 6.07) is 8.00. The van der Waals surface area contributed by atoms with Crippen LogP contribution in [0.15, 0.2) is 29.3 Å². The zero-order valence-electron chi connectivity index (χ0n) is 17.9. The van der Waals surface area contributed by atoms with E-state index in [4.69, 9.17) is 9.47 Å². The molecule has 1 amide bonds. The summed E-state index contributed by atoms with van der Waals surface area (Å²) in [4.78, 5) is 18.3. The maximum atomic E-state index is 11.6. The Bertz CT molecular complexity index is 600. The number of hydrogen-bond donors (Lipinski definition) is 2. The van der Waals surface area contributed by atoms with Crippen LogP contribution in [0.3, 0.4) is 0 Å². The summed E-state index contributed by atoms with van der Waals surface area (Å²) in [6.45, 7) is 10.3. The molecule has 0 spiro atoms. The van der Waals surface area contributed by atoms with Gasteiger partial charge in [-0.1, -0.05) is 12.1 Å². The van der Waals surface area contributed by atoms with Gasteiger partial charge in [0.25, 0.3) is 0 Å². The van der Waals surface area contributed by atoms with Crippen LogP contribution in [0.4, 0.5) is 4.79 Å². The van der Waals surface area contributed by atoms with Crippen LogP contribution in [0, 0.1) is 0 Å². The van der Waals surface area contributed by atoms with Gasteiger partial charge < -0.3 is 25.0 Å². The molecule has 0 saturated carbocycles. The fraction of sp³-hybridized carbons (Fsp3) is 0.600. The number of amides is 1. The minimum Gasteiger partial charge on any atom is -0.497 e. The normalized spacial score (nSPS) is 11.3. The molecule has 0 aliphatic rings. The second kappa shape index (κ2) is 13.5. The van der Waals surface area contributed by atoms with Crippen molar-refractivity contribution in [2.45, 2.75) is 46.3 Å². The van der Waals surface area contributed by atoms with Crippen molar-refractivity contribution in [2.75, 3.05) is 33.8 Å². The number of halogens is 1. The van der Waals surface area contributed by atoms with Gasteiger partial charge in [-0.05, 0) is 51.8 Å². The average molecular weight is 506 g/mol. The Hall–Kier alpha value is -1.71. The van der Waals surface area contributed by atoms with E-state index in [0.29, 0.717) is 13.1 Å². The highest BCUT2D eigenvalue weighted by molar-refractivity contribution is 14.0. The zero-order valence-corrected chi connectivity index (χ0v) is 20.2. The maximum absolute atomic E-state index is 11.6. The Kier molecular flexibility index (Phi) is 12.6. The van der Waals surface area contributed by atoms with E-state index in [-0.39, 0.29) is 24.0 Å². The quantitative estimate of drug-likeness (QED) is 0.244. The van der Waals surface area contributed by atoms with E-state index in [1.807, 2.05) is 59.0 Å². The number of hydrogen-bond acceptors (Lipinski definition) is 4. The van der Waals surface area contributed by atoms with E-state index < -0.39 is 11.7 Å². The molecule has 160 valence electrons. The van der Waals surface area contributed by atoms with Gasteiger partial charge in [0.1, 0.15) is 11.4 Å². The fourth-order valence-electron chi connectivity index (χ4n) is 2.32. The largest absolute Gasteiger partial charge is 0.497 e. The molecule has 0 fully saturated rings. The smallest absolute Gasteiger partial charge is 0.407 e. The van der Waals surface area contributed by atoms with Crippen molar-refractivity contribution in [3.8, 4) is 5.75 Å². The fourth-order valence-corrected chi connectivity index (χ4v) is 2.32. The van der Waals surface area contributed by atoms with Gasteiger partial charge in [0.05, 0.1) is 7.11 Å². The van der Waals surface area contributed by atoms with Crippen LogP contribution in [0.5, 0.6) is 5.75 Å². The summed E-state index contributed by atoms with van der Waals surface area (Å²) in [6.07, 6.45) is 0.347. The average Bonchev–Trinajstić information content (AvgIpc) is 2.59. The first-order chi connectivity index (χ1) is 12.7. The highest BCUT2D eigenvalue weighted by atomic mass is 127. The van der Waals surface area contributed by atoms with Crippen LogP contribution in [0.25, 0.3) is 0 Å². The minimum atomic E-state index is -0.482. The first-order valence-corrected chi connectivity index (χ1v) is 9.34. The number of nitrogens with zero attached hydrogens (tertiary/aromatic N) is 2. The van der Waals surface area contributed by atoms with Crippen LogP contribution in [0.2, 0.25) is 0 Å². The molecule has 0 radical (unpaired) electrons. The van der Waals surface area contributed by atoms with E-state index >= 15 is 0 Å². The molecule has 0 aromatic heterocycles. The number of benzene rings is 1. The summed E-state index contributed by atoms with van der Waals surface area (Å²) < 4.78 is 10.4. The third-order valence-corrected chi connectivity index (χ3v) is 3.54. The summed E-state index contributed by atoms with van der Waals surface area (Å²) in [5.41, 5.74) is 0.695. The van der Waals surface area contributed by atoms with Crippen LogP contribution >= 0.6 is 24.0 Å². The highest BCUT2D eigenvalue weighted by Crippen LogP contribution is 2.12. The third kappa shape index (κ3) is 11.2. The Morgan fingerprint density at radius 2 is 1.82 bits per heavy atom. The van der Waals surface area contributed by atoms with Crippen LogP contribution in [-0.2, 0) is 11.3 Å². The Morgan fingerprint density at radius 3 is 2.36 bits per heavy atom. The topological polar surface area (TPSA) is 75.2 Å². The highest BCUT2D eigenvalue weighted by Gasteiger charge is 2.15. The van der Waals surface area contributed by atoms with Gasteiger partial charge in [-0.15, -0.1) is 24.0 Å². The van der Waals surface area contributed by atoms with Gasteiger partial charge in [0.2, 0.25) is 0 Å². The summed E-state index contributed by atoms with van der Waals surface area (Å²) >= 11 is 0. The lowest BCUT2D eigenvalue weighted by atomic mass is 10.2. The number of rotatable bonds is 8. The molecule has 1 aromatic rings. The van der Waals surface area contributed by atoms with Crippen molar-refractivity contribution in [1.29, 1.82) is 0 Å². The number of ether oxygens (including phenoxy) is 2. The SMILES string of the molecule is CCNC(=NCCCNC(=O)OC(C)(C)C)N(C)Cc1ccc(OC)cc1.I. The van der Waals surface area contributed by atoms with Crippen LogP contribution < -0.4 is 15.4 Å². The van der Waals surface area contributed by atoms with E-state index in [1.54, 1.807) is 7.11 Å². The molecule has 0 aliphatic carbocycles. The Balaban J connectivity index is 0.00000729. The molecule has 0 unspecified atom stereocenters. The summed E-state index contributed by atoms with van der Waals surface area (Å²) in [5, 5.41) is 6.04. The minimum absolute atomic E-state index is 0. The van der Waals surface area contributed by atoms with Gasteiger partial charge in [0.15, 0.2) is 5.96 Å². The number of aliphatic imine (C=N–C) groups is 1. The molecular formula is C20H35IN4O3. The predicted octanol–water partition coefficient (Wildman–Crippen LogP) is 3.63. The number of nitrogens with one attached hydrogen (secondary N) is 2. The number of methoxy groups -OCH3 is 1. The van der Waals surface area contributed by atoms with Crippen LogP contribution in [0.1, 0.15) is 39.7 Å². The number of carbonyl (C=O) groups is 1. The molecule has 0 saturated heterocycles. The standard InChI is InChI=1S/C20H34N4O3.HI/c1-7-21-18(22-13-8-14-23-19(25)27-20(2,3)4)24(5)15-16-9-11-17(26-6)12-10-16;/h9-12H,7-8,13-15H2,1-6H3,(H,21,22)(H,23,25);1H. The van der Waals surface area contributed by atoms with Crippen LogP contribution in [-0.4, -0.2) is 56.3 Å². The predicted molar refractivity (Wildman–Crippen MR) is 125 cm³/mol. The van der Waals surface area contributed by atoms with Crippen molar-refractivity contribution in [3.63, 3.8) is 0 Å². The molecule has 0 heterocycles. The third-order valence-electron chi connectivity index (χ3n) is 3.54. The molecular weight excluding hydrogens is 471 g/mol. The van der Waals surface area contributed by atoms with Crippen molar-refractivity contribution >= 4 is 36.0 Å². The first-order valence-electron chi connectivity index (χ1n) is 9.34. The number of guanidine groups is 1. The summed E-state index contributed by atoms with van der Waals surface area (Å²) in [7, 11) is 3.67. The molecule has 2 N–H and O–H groups in total. The summed E-state index contributed by atoms with van der Waals surface area (Å²) in [5.74, 6) is 1.69. The molecule has 7 nitrogen and oxygen atoms in total. The van der Waals surface area contributed by atoms with E-state index in [1.165, 1.54) is 5.56 Å². The van der Waals surface area contributed by atoms with Gasteiger partial charge in [0, 0.05) is 33.2 Å². The van der Waals surface area contributed by atoms with Crippen molar-refractivity contribution in [1.82, 2.24) is 15.5 Å². The molecule has 0 aliphatic heterocycles. The van der Waals surface area contributed by atoms with Crippen molar-refractivity contribution in [3.05, 3.63) is 29.8 Å². The lowest BCUT2D eigenvalue weighted by molar-refractivity contribution is 0.0527. The van der Waals surface area contributed by atoms with Crippen molar-refractivity contribution < 1.29 is 14.3 Å². The van der Waals surface area contributed by atoms with Gasteiger partial charge >= 0.3 is 6.09 Å². The van der Waals surface area contributed by atoms with Crippen molar-refractivity contribution in [2.24, 2.45) is 4.99 Å². The second-order valence-corrected chi connectivity index (χ2v) is 7.22. The molecule has 1 aromatic carbocycles. The molecule has 0 atom stereocenters. The molecule has 28 heavy (non-hydrogen) atoms. The molecule has 0 bridgehead atoms. The van der Waals surface area contributed by atoms with E-state index in [2.05, 4.69) is 20.5 Å². The van der Waals surface area contributed by atoms with E-state index in [9.17, 15) is 4.79 Å².